The zero-order valence-electron chi connectivity index (χ0n) is 12.1. The van der Waals surface area contributed by atoms with Crippen LogP contribution in [0.15, 0.2) is 34.9 Å². The minimum Gasteiger partial charge on any atom is -0.464 e. The van der Waals surface area contributed by atoms with E-state index in [-0.39, 0.29) is 6.04 Å². The van der Waals surface area contributed by atoms with Crippen molar-refractivity contribution in [1.82, 2.24) is 4.90 Å². The molecule has 0 saturated heterocycles. The van der Waals surface area contributed by atoms with E-state index in [1.54, 1.807) is 0 Å². The molecule has 1 heterocycles. The molecule has 2 aromatic rings. The highest BCUT2D eigenvalue weighted by Gasteiger charge is 2.23. The van der Waals surface area contributed by atoms with Gasteiger partial charge in [0.05, 0.1) is 12.3 Å². The van der Waals surface area contributed by atoms with E-state index in [9.17, 15) is 0 Å². The lowest BCUT2D eigenvalue weighted by Gasteiger charge is -2.32. The standard InChI is InChI=1S/C16H24N2O/c1-4-7-12(2)18(3)15(10-17)14-11-19-16-9-6-5-8-13(14)16/h5-6,8-9,11-12,15H,4,7,10,17H2,1-3H3. The molecule has 2 N–H and O–H groups in total. The molecule has 2 atom stereocenters. The monoisotopic (exact) mass is 260 g/mol. The third-order valence-corrected chi connectivity index (χ3v) is 3.99. The quantitative estimate of drug-likeness (QED) is 0.863. The lowest BCUT2D eigenvalue weighted by molar-refractivity contribution is 0.180. The fourth-order valence-electron chi connectivity index (χ4n) is 2.70. The molecule has 2 unspecified atom stereocenters. The molecule has 0 radical (unpaired) electrons. The lowest BCUT2D eigenvalue weighted by atomic mass is 10.0. The van der Waals surface area contributed by atoms with E-state index in [0.717, 1.165) is 5.58 Å². The predicted molar refractivity (Wildman–Crippen MR) is 80.1 cm³/mol. The number of benzene rings is 1. The van der Waals surface area contributed by atoms with Crippen molar-refractivity contribution in [1.29, 1.82) is 0 Å². The van der Waals surface area contributed by atoms with Crippen molar-refractivity contribution >= 4 is 11.0 Å². The average molecular weight is 260 g/mol. The van der Waals surface area contributed by atoms with Crippen LogP contribution in [0, 0.1) is 0 Å². The van der Waals surface area contributed by atoms with Crippen LogP contribution in [0.2, 0.25) is 0 Å². The van der Waals surface area contributed by atoms with Crippen molar-refractivity contribution in [2.24, 2.45) is 5.73 Å². The van der Waals surface area contributed by atoms with E-state index in [4.69, 9.17) is 10.2 Å². The zero-order chi connectivity index (χ0) is 13.8. The number of nitrogens with two attached hydrogens (primary N) is 1. The Balaban J connectivity index is 2.31. The van der Waals surface area contributed by atoms with E-state index in [1.165, 1.54) is 23.8 Å². The van der Waals surface area contributed by atoms with Crippen LogP contribution in [0.5, 0.6) is 0 Å². The second-order valence-corrected chi connectivity index (χ2v) is 5.24. The van der Waals surface area contributed by atoms with Gasteiger partial charge in [-0.15, -0.1) is 0 Å². The van der Waals surface area contributed by atoms with Gasteiger partial charge in [-0.2, -0.15) is 0 Å². The summed E-state index contributed by atoms with van der Waals surface area (Å²) in [4.78, 5) is 2.36. The molecule has 0 saturated carbocycles. The summed E-state index contributed by atoms with van der Waals surface area (Å²) in [6.07, 6.45) is 4.23. The van der Waals surface area contributed by atoms with Gasteiger partial charge in [0.2, 0.25) is 0 Å². The molecule has 0 fully saturated rings. The highest BCUT2D eigenvalue weighted by atomic mass is 16.3. The summed E-state index contributed by atoms with van der Waals surface area (Å²) in [6, 6.07) is 8.88. The Kier molecular flexibility index (Phi) is 4.61. The maximum Gasteiger partial charge on any atom is 0.134 e. The molecule has 0 aliphatic heterocycles. The molecule has 0 aliphatic carbocycles. The van der Waals surface area contributed by atoms with Gasteiger partial charge >= 0.3 is 0 Å². The molecule has 3 nitrogen and oxygen atoms in total. The normalized spacial score (nSPS) is 15.0. The Labute approximate surface area is 115 Å². The van der Waals surface area contributed by atoms with Gasteiger partial charge in [-0.1, -0.05) is 31.5 Å². The number of fused-ring (bicyclic) bond motifs is 1. The first-order chi connectivity index (χ1) is 9.19. The Morgan fingerprint density at radius 1 is 1.32 bits per heavy atom. The van der Waals surface area contributed by atoms with Crippen LogP contribution in [0.1, 0.15) is 38.3 Å². The van der Waals surface area contributed by atoms with Gasteiger partial charge in [0, 0.05) is 23.5 Å². The van der Waals surface area contributed by atoms with E-state index in [0.29, 0.717) is 12.6 Å². The van der Waals surface area contributed by atoms with Crippen molar-refractivity contribution in [3.05, 3.63) is 36.1 Å². The van der Waals surface area contributed by atoms with Crippen molar-refractivity contribution < 1.29 is 4.42 Å². The number of likely N-dealkylation sites (N-methyl/N-ethyl adjacent to an activating group) is 1. The summed E-state index contributed by atoms with van der Waals surface area (Å²) in [5.74, 6) is 0. The summed E-state index contributed by atoms with van der Waals surface area (Å²) < 4.78 is 5.64. The molecule has 3 heteroatoms. The number of rotatable bonds is 6. The van der Waals surface area contributed by atoms with Crippen molar-refractivity contribution in [3.63, 3.8) is 0 Å². The number of hydrogen-bond acceptors (Lipinski definition) is 3. The highest BCUT2D eigenvalue weighted by Crippen LogP contribution is 2.30. The predicted octanol–water partition coefficient (Wildman–Crippen LogP) is 3.55. The highest BCUT2D eigenvalue weighted by molar-refractivity contribution is 5.81. The molecule has 0 amide bonds. The Morgan fingerprint density at radius 3 is 2.74 bits per heavy atom. The van der Waals surface area contributed by atoms with Gasteiger partial charge in [0.15, 0.2) is 0 Å². The molecular formula is C16H24N2O. The van der Waals surface area contributed by atoms with Crippen LogP contribution < -0.4 is 5.73 Å². The number of nitrogens with zero attached hydrogens (tertiary/aromatic N) is 1. The smallest absolute Gasteiger partial charge is 0.134 e. The summed E-state index contributed by atoms with van der Waals surface area (Å²) in [6.45, 7) is 5.08. The molecule has 104 valence electrons. The Hall–Kier alpha value is -1.32. The molecule has 1 aromatic carbocycles. The summed E-state index contributed by atoms with van der Waals surface area (Å²) >= 11 is 0. The van der Waals surface area contributed by atoms with Crippen LogP contribution in [0.3, 0.4) is 0 Å². The zero-order valence-corrected chi connectivity index (χ0v) is 12.1. The minimum atomic E-state index is 0.213. The van der Waals surface area contributed by atoms with Gasteiger partial charge in [-0.3, -0.25) is 4.90 Å². The first kappa shape index (κ1) is 14.1. The van der Waals surface area contributed by atoms with E-state index >= 15 is 0 Å². The molecular weight excluding hydrogens is 236 g/mol. The van der Waals surface area contributed by atoms with E-state index < -0.39 is 0 Å². The lowest BCUT2D eigenvalue weighted by Crippen LogP contribution is -2.36. The van der Waals surface area contributed by atoms with E-state index in [2.05, 4.69) is 31.9 Å². The third-order valence-electron chi connectivity index (χ3n) is 3.99. The van der Waals surface area contributed by atoms with E-state index in [1.807, 2.05) is 24.5 Å². The van der Waals surface area contributed by atoms with Crippen molar-refractivity contribution in [3.8, 4) is 0 Å². The van der Waals surface area contributed by atoms with Gasteiger partial charge in [0.1, 0.15) is 5.58 Å². The largest absolute Gasteiger partial charge is 0.464 e. The minimum absolute atomic E-state index is 0.213. The fraction of sp³-hybridized carbons (Fsp3) is 0.500. The van der Waals surface area contributed by atoms with Crippen LogP contribution in [0.4, 0.5) is 0 Å². The van der Waals surface area contributed by atoms with Gasteiger partial charge in [0.25, 0.3) is 0 Å². The fourth-order valence-corrected chi connectivity index (χ4v) is 2.70. The first-order valence-corrected chi connectivity index (χ1v) is 7.07. The summed E-state index contributed by atoms with van der Waals surface area (Å²) in [5, 5.41) is 1.17. The third kappa shape index (κ3) is 2.82. The molecule has 2 rings (SSSR count). The molecule has 19 heavy (non-hydrogen) atoms. The van der Waals surface area contributed by atoms with Crippen LogP contribution in [0.25, 0.3) is 11.0 Å². The molecule has 0 aliphatic rings. The summed E-state index contributed by atoms with van der Waals surface area (Å²) in [5.41, 5.74) is 8.14. The first-order valence-electron chi connectivity index (χ1n) is 7.07. The second kappa shape index (κ2) is 6.22. The number of furan rings is 1. The number of hydrogen-bond donors (Lipinski definition) is 1. The van der Waals surface area contributed by atoms with Crippen LogP contribution in [-0.2, 0) is 0 Å². The Bertz CT molecular complexity index is 520. The summed E-state index contributed by atoms with van der Waals surface area (Å²) in [7, 11) is 2.15. The maximum absolute atomic E-state index is 6.01. The topological polar surface area (TPSA) is 42.4 Å². The maximum atomic E-state index is 6.01. The average Bonchev–Trinajstić information content (AvgIpc) is 2.84. The van der Waals surface area contributed by atoms with Gasteiger partial charge in [-0.05, 0) is 26.5 Å². The second-order valence-electron chi connectivity index (χ2n) is 5.24. The van der Waals surface area contributed by atoms with Crippen molar-refractivity contribution in [2.45, 2.75) is 38.8 Å². The molecule has 0 spiro atoms. The van der Waals surface area contributed by atoms with Gasteiger partial charge < -0.3 is 10.2 Å². The Morgan fingerprint density at radius 2 is 2.05 bits per heavy atom. The van der Waals surface area contributed by atoms with Crippen molar-refractivity contribution in [2.75, 3.05) is 13.6 Å². The van der Waals surface area contributed by atoms with Crippen LogP contribution in [-0.4, -0.2) is 24.5 Å². The van der Waals surface area contributed by atoms with Gasteiger partial charge in [-0.25, -0.2) is 0 Å². The number of para-hydroxylation sites is 1. The SMILES string of the molecule is CCCC(C)N(C)C(CN)c1coc2ccccc12. The molecule has 0 bridgehead atoms. The van der Waals surface area contributed by atoms with Crippen LogP contribution >= 0.6 is 0 Å². The molecule has 1 aromatic heterocycles.